The lowest BCUT2D eigenvalue weighted by atomic mass is 10.2. The minimum Gasteiger partial charge on any atom is -0.228 e. The average molecular weight is 224 g/mol. The third kappa shape index (κ3) is 3.30. The first-order valence-corrected chi connectivity index (χ1v) is 5.42. The van der Waals surface area contributed by atoms with Gasteiger partial charge in [-0.05, 0) is 17.7 Å². The van der Waals surface area contributed by atoms with Crippen LogP contribution in [-0.4, -0.2) is 8.42 Å². The standard InChI is InChI=1S/C7H7ClFNO2S/c8-6-3-5(1-2-7(6)9)4-13(10,11)12/h1-3H,4H2,(H2,10,11,12). The highest BCUT2D eigenvalue weighted by Crippen LogP contribution is 2.16. The summed E-state index contributed by atoms with van der Waals surface area (Å²) in [5, 5.41) is 4.68. The predicted octanol–water partition coefficient (Wildman–Crippen LogP) is 1.27. The number of sulfonamides is 1. The van der Waals surface area contributed by atoms with Crippen LogP contribution in [0.5, 0.6) is 0 Å². The summed E-state index contributed by atoms with van der Waals surface area (Å²) < 4.78 is 33.9. The van der Waals surface area contributed by atoms with Gasteiger partial charge in [0.05, 0.1) is 10.8 Å². The number of primary sulfonamides is 1. The maximum atomic E-state index is 12.6. The highest BCUT2D eigenvalue weighted by Gasteiger charge is 2.07. The smallest absolute Gasteiger partial charge is 0.213 e. The summed E-state index contributed by atoms with van der Waals surface area (Å²) in [5.74, 6) is -0.924. The third-order valence-electron chi connectivity index (χ3n) is 1.35. The van der Waals surface area contributed by atoms with Crippen LogP contribution in [0.15, 0.2) is 18.2 Å². The Morgan fingerprint density at radius 1 is 1.46 bits per heavy atom. The van der Waals surface area contributed by atoms with Gasteiger partial charge >= 0.3 is 0 Å². The van der Waals surface area contributed by atoms with Crippen molar-refractivity contribution in [1.82, 2.24) is 0 Å². The minimum atomic E-state index is -3.59. The van der Waals surface area contributed by atoms with Crippen molar-refractivity contribution >= 4 is 21.6 Å². The van der Waals surface area contributed by atoms with Gasteiger partial charge in [0.25, 0.3) is 0 Å². The van der Waals surface area contributed by atoms with E-state index in [1.807, 2.05) is 0 Å². The van der Waals surface area contributed by atoms with Crippen LogP contribution in [0.4, 0.5) is 4.39 Å². The van der Waals surface area contributed by atoms with Crippen LogP contribution in [0.25, 0.3) is 0 Å². The molecule has 0 bridgehead atoms. The van der Waals surface area contributed by atoms with Crippen molar-refractivity contribution in [1.29, 1.82) is 0 Å². The number of rotatable bonds is 2. The van der Waals surface area contributed by atoms with Gasteiger partial charge in [-0.2, -0.15) is 0 Å². The molecule has 0 saturated heterocycles. The highest BCUT2D eigenvalue weighted by atomic mass is 35.5. The van der Waals surface area contributed by atoms with Crippen LogP contribution < -0.4 is 5.14 Å². The molecule has 3 nitrogen and oxygen atoms in total. The van der Waals surface area contributed by atoms with Gasteiger partial charge in [0.1, 0.15) is 5.82 Å². The Bertz CT molecular complexity index is 419. The van der Waals surface area contributed by atoms with E-state index >= 15 is 0 Å². The van der Waals surface area contributed by atoms with Gasteiger partial charge in [-0.3, -0.25) is 0 Å². The number of halogens is 2. The summed E-state index contributed by atoms with van der Waals surface area (Å²) in [6, 6.07) is 3.66. The molecule has 72 valence electrons. The molecule has 0 radical (unpaired) electrons. The summed E-state index contributed by atoms with van der Waals surface area (Å²) in [4.78, 5) is 0. The molecule has 13 heavy (non-hydrogen) atoms. The Hall–Kier alpha value is -0.650. The second-order valence-corrected chi connectivity index (χ2v) is 4.58. The summed E-state index contributed by atoms with van der Waals surface area (Å²) >= 11 is 5.43. The van der Waals surface area contributed by atoms with Crippen LogP contribution >= 0.6 is 11.6 Å². The first kappa shape index (κ1) is 10.4. The van der Waals surface area contributed by atoms with Gasteiger partial charge in [-0.1, -0.05) is 17.7 Å². The summed E-state index contributed by atoms with van der Waals surface area (Å²) in [6.07, 6.45) is 0. The molecule has 1 aromatic carbocycles. The first-order valence-electron chi connectivity index (χ1n) is 3.33. The normalized spacial score (nSPS) is 11.6. The molecule has 0 amide bonds. The average Bonchev–Trinajstić information content (AvgIpc) is 1.94. The van der Waals surface area contributed by atoms with Gasteiger partial charge in [0.15, 0.2) is 0 Å². The predicted molar refractivity (Wildman–Crippen MR) is 48.2 cm³/mol. The lowest BCUT2D eigenvalue weighted by Gasteiger charge is -2.00. The van der Waals surface area contributed by atoms with E-state index in [9.17, 15) is 12.8 Å². The van der Waals surface area contributed by atoms with Crippen molar-refractivity contribution in [3.63, 3.8) is 0 Å². The van der Waals surface area contributed by atoms with E-state index in [0.29, 0.717) is 5.56 Å². The van der Waals surface area contributed by atoms with E-state index in [1.165, 1.54) is 12.1 Å². The zero-order valence-electron chi connectivity index (χ0n) is 6.50. The quantitative estimate of drug-likeness (QED) is 0.821. The molecule has 0 atom stereocenters. The molecule has 0 aromatic heterocycles. The Labute approximate surface area is 80.4 Å². The van der Waals surface area contributed by atoms with E-state index in [4.69, 9.17) is 16.7 Å². The second kappa shape index (κ2) is 3.61. The van der Waals surface area contributed by atoms with Gasteiger partial charge in [-0.25, -0.2) is 17.9 Å². The van der Waals surface area contributed by atoms with Crippen molar-refractivity contribution in [3.8, 4) is 0 Å². The Kier molecular flexibility index (Phi) is 2.90. The Balaban J connectivity index is 2.99. The van der Waals surface area contributed by atoms with E-state index in [-0.39, 0.29) is 10.8 Å². The molecule has 2 N–H and O–H groups in total. The van der Waals surface area contributed by atoms with Crippen molar-refractivity contribution in [2.24, 2.45) is 5.14 Å². The van der Waals surface area contributed by atoms with E-state index in [1.54, 1.807) is 0 Å². The summed E-state index contributed by atoms with van der Waals surface area (Å²) in [7, 11) is -3.59. The van der Waals surface area contributed by atoms with E-state index in [2.05, 4.69) is 0 Å². The molecule has 1 rings (SSSR count). The van der Waals surface area contributed by atoms with Crippen LogP contribution in [0.2, 0.25) is 5.02 Å². The fraction of sp³-hybridized carbons (Fsp3) is 0.143. The maximum Gasteiger partial charge on any atom is 0.213 e. The SMILES string of the molecule is NS(=O)(=O)Cc1ccc(F)c(Cl)c1. The molecule has 0 fully saturated rings. The zero-order valence-corrected chi connectivity index (χ0v) is 8.07. The molecule has 0 unspecified atom stereocenters. The first-order chi connectivity index (χ1) is 5.88. The maximum absolute atomic E-state index is 12.6. The monoisotopic (exact) mass is 223 g/mol. The molecule has 0 saturated carbocycles. The molecule has 0 aliphatic rings. The van der Waals surface area contributed by atoms with Crippen molar-refractivity contribution < 1.29 is 12.8 Å². The van der Waals surface area contributed by atoms with Crippen molar-refractivity contribution in [2.45, 2.75) is 5.75 Å². The van der Waals surface area contributed by atoms with Gasteiger partial charge < -0.3 is 0 Å². The van der Waals surface area contributed by atoms with Crippen LogP contribution in [0, 0.1) is 5.82 Å². The fourth-order valence-corrected chi connectivity index (χ4v) is 1.71. The lowest BCUT2D eigenvalue weighted by molar-refractivity contribution is 0.596. The molecular formula is C7H7ClFNO2S. The molecule has 1 aromatic rings. The topological polar surface area (TPSA) is 60.2 Å². The lowest BCUT2D eigenvalue weighted by Crippen LogP contribution is -2.14. The summed E-state index contributed by atoms with van der Waals surface area (Å²) in [6.45, 7) is 0. The van der Waals surface area contributed by atoms with Gasteiger partial charge in [0.2, 0.25) is 10.0 Å². The molecule has 0 aliphatic heterocycles. The van der Waals surface area contributed by atoms with Crippen LogP contribution in [0.1, 0.15) is 5.56 Å². The molecule has 0 heterocycles. The van der Waals surface area contributed by atoms with Crippen molar-refractivity contribution in [3.05, 3.63) is 34.6 Å². The largest absolute Gasteiger partial charge is 0.228 e. The van der Waals surface area contributed by atoms with Gasteiger partial charge in [-0.15, -0.1) is 0 Å². The molecular weight excluding hydrogens is 217 g/mol. The third-order valence-corrected chi connectivity index (χ3v) is 2.38. The van der Waals surface area contributed by atoms with Crippen molar-refractivity contribution in [2.75, 3.05) is 0 Å². The number of nitrogens with two attached hydrogens (primary N) is 1. The molecule has 0 aliphatic carbocycles. The minimum absolute atomic E-state index is 0.110. The number of hydrogen-bond donors (Lipinski definition) is 1. The molecule has 0 spiro atoms. The van der Waals surface area contributed by atoms with Crippen LogP contribution in [-0.2, 0) is 15.8 Å². The summed E-state index contributed by atoms with van der Waals surface area (Å²) in [5.41, 5.74) is 0.369. The highest BCUT2D eigenvalue weighted by molar-refractivity contribution is 7.88. The zero-order chi connectivity index (χ0) is 10.1. The second-order valence-electron chi connectivity index (χ2n) is 2.56. The van der Waals surface area contributed by atoms with Gasteiger partial charge in [0, 0.05) is 0 Å². The van der Waals surface area contributed by atoms with Crippen LogP contribution in [0.3, 0.4) is 0 Å². The number of hydrogen-bond acceptors (Lipinski definition) is 2. The number of benzene rings is 1. The van der Waals surface area contributed by atoms with E-state index in [0.717, 1.165) is 6.07 Å². The fourth-order valence-electron chi connectivity index (χ4n) is 0.862. The Morgan fingerprint density at radius 3 is 2.54 bits per heavy atom. The Morgan fingerprint density at radius 2 is 2.08 bits per heavy atom. The van der Waals surface area contributed by atoms with E-state index < -0.39 is 15.8 Å². The molecule has 6 heteroatoms.